The molecule has 0 amide bonds. The number of hydrogen-bond acceptors (Lipinski definition) is 2. The quantitative estimate of drug-likeness (QED) is 0.629. The summed E-state index contributed by atoms with van der Waals surface area (Å²) in [4.78, 5) is 11.4. The third kappa shape index (κ3) is 3.19. The van der Waals surface area contributed by atoms with Crippen LogP contribution < -0.4 is 4.74 Å². The zero-order valence-corrected chi connectivity index (χ0v) is 11.6. The van der Waals surface area contributed by atoms with Crippen molar-refractivity contribution in [3.05, 3.63) is 26.8 Å². The predicted molar refractivity (Wildman–Crippen MR) is 69.7 cm³/mol. The van der Waals surface area contributed by atoms with E-state index in [1.54, 1.807) is 6.92 Å². The van der Waals surface area contributed by atoms with Gasteiger partial charge in [-0.15, -0.1) is 0 Å². The predicted octanol–water partition coefficient (Wildman–Crippen LogP) is 3.59. The van der Waals surface area contributed by atoms with E-state index in [4.69, 9.17) is 4.74 Å². The van der Waals surface area contributed by atoms with Crippen LogP contribution in [0, 0.1) is 10.5 Å². The minimum atomic E-state index is 0.0769. The van der Waals surface area contributed by atoms with E-state index in [9.17, 15) is 4.79 Å². The summed E-state index contributed by atoms with van der Waals surface area (Å²) in [6, 6.07) is 3.81. The number of benzene rings is 1. The van der Waals surface area contributed by atoms with Crippen LogP contribution in [0.3, 0.4) is 0 Å². The monoisotopic (exact) mass is 318 g/mol. The molecule has 0 atom stereocenters. The number of ether oxygens (including phenoxy) is 1. The number of carbonyl (C=O) groups excluding carboxylic acids is 1. The molecule has 82 valence electrons. The smallest absolute Gasteiger partial charge is 0.161 e. The van der Waals surface area contributed by atoms with Crippen molar-refractivity contribution in [2.45, 2.75) is 33.8 Å². The molecular formula is C12H15IO2. The van der Waals surface area contributed by atoms with Gasteiger partial charge in [0.2, 0.25) is 0 Å². The molecule has 0 heterocycles. The Morgan fingerprint density at radius 3 is 2.47 bits per heavy atom. The normalized spacial score (nSPS) is 10.5. The van der Waals surface area contributed by atoms with E-state index < -0.39 is 0 Å². The lowest BCUT2D eigenvalue weighted by molar-refractivity contribution is 0.101. The van der Waals surface area contributed by atoms with Crippen molar-refractivity contribution < 1.29 is 9.53 Å². The van der Waals surface area contributed by atoms with Gasteiger partial charge in [0.15, 0.2) is 5.78 Å². The van der Waals surface area contributed by atoms with E-state index in [-0.39, 0.29) is 11.9 Å². The van der Waals surface area contributed by atoms with Crippen molar-refractivity contribution in [1.82, 2.24) is 0 Å². The summed E-state index contributed by atoms with van der Waals surface area (Å²) >= 11 is 2.18. The molecule has 0 N–H and O–H groups in total. The minimum Gasteiger partial charge on any atom is -0.491 e. The van der Waals surface area contributed by atoms with Crippen molar-refractivity contribution in [1.29, 1.82) is 0 Å². The number of aryl methyl sites for hydroxylation is 1. The average Bonchev–Trinajstić information content (AvgIpc) is 2.08. The molecule has 0 saturated carbocycles. The highest BCUT2D eigenvalue weighted by Crippen LogP contribution is 2.25. The first-order valence-corrected chi connectivity index (χ1v) is 5.97. The zero-order valence-electron chi connectivity index (χ0n) is 9.43. The molecule has 0 bridgehead atoms. The van der Waals surface area contributed by atoms with Crippen LogP contribution in [0.1, 0.15) is 36.7 Å². The van der Waals surface area contributed by atoms with Crippen molar-refractivity contribution >= 4 is 28.4 Å². The second-order valence-corrected chi connectivity index (χ2v) is 4.98. The van der Waals surface area contributed by atoms with Gasteiger partial charge in [0.05, 0.1) is 6.10 Å². The van der Waals surface area contributed by atoms with E-state index >= 15 is 0 Å². The van der Waals surface area contributed by atoms with E-state index in [0.717, 1.165) is 20.4 Å². The lowest BCUT2D eigenvalue weighted by Crippen LogP contribution is -2.08. The molecule has 0 saturated heterocycles. The number of ketones is 1. The van der Waals surface area contributed by atoms with Crippen LogP contribution in [0.4, 0.5) is 0 Å². The van der Waals surface area contributed by atoms with Crippen molar-refractivity contribution in [3.63, 3.8) is 0 Å². The van der Waals surface area contributed by atoms with Crippen LogP contribution in [-0.2, 0) is 0 Å². The van der Waals surface area contributed by atoms with E-state index in [1.165, 1.54) is 0 Å². The van der Waals surface area contributed by atoms with Gasteiger partial charge in [-0.3, -0.25) is 4.79 Å². The molecule has 0 aliphatic heterocycles. The van der Waals surface area contributed by atoms with E-state index in [1.807, 2.05) is 32.9 Å². The molecule has 1 aromatic carbocycles. The summed E-state index contributed by atoms with van der Waals surface area (Å²) in [6.45, 7) is 7.52. The highest BCUT2D eigenvalue weighted by molar-refractivity contribution is 14.1. The second kappa shape index (κ2) is 4.96. The molecule has 1 rings (SSSR count). The first kappa shape index (κ1) is 12.5. The summed E-state index contributed by atoms with van der Waals surface area (Å²) in [5, 5.41) is 0. The lowest BCUT2D eigenvalue weighted by atomic mass is 10.1. The fraction of sp³-hybridized carbons (Fsp3) is 0.417. The molecule has 1 aromatic rings. The third-order valence-corrected chi connectivity index (χ3v) is 2.90. The van der Waals surface area contributed by atoms with Gasteiger partial charge in [0.1, 0.15) is 5.75 Å². The van der Waals surface area contributed by atoms with Gasteiger partial charge in [-0.05, 0) is 68.0 Å². The summed E-state index contributed by atoms with van der Waals surface area (Å²) in [7, 11) is 0. The Morgan fingerprint density at radius 2 is 2.00 bits per heavy atom. The molecule has 3 heteroatoms. The lowest BCUT2D eigenvalue weighted by Gasteiger charge is -2.14. The van der Waals surface area contributed by atoms with Crippen LogP contribution in [0.15, 0.2) is 12.1 Å². The van der Waals surface area contributed by atoms with Gasteiger partial charge in [-0.25, -0.2) is 0 Å². The molecule has 0 fully saturated rings. The standard InChI is InChI=1S/C12H15IO2/c1-7(2)15-12-6-10(9(4)14)11(13)5-8(12)3/h5-7H,1-4H3. The van der Waals surface area contributed by atoms with Gasteiger partial charge in [-0.1, -0.05) is 0 Å². The van der Waals surface area contributed by atoms with Crippen LogP contribution in [0.2, 0.25) is 0 Å². The molecule has 0 spiro atoms. The molecule has 0 radical (unpaired) electrons. The average molecular weight is 318 g/mol. The fourth-order valence-electron chi connectivity index (χ4n) is 1.30. The van der Waals surface area contributed by atoms with Gasteiger partial charge in [0.25, 0.3) is 0 Å². The van der Waals surface area contributed by atoms with Gasteiger partial charge < -0.3 is 4.74 Å². The maximum atomic E-state index is 11.4. The Kier molecular flexibility index (Phi) is 4.13. The molecule has 0 unspecified atom stereocenters. The Bertz CT molecular complexity index is 383. The highest BCUT2D eigenvalue weighted by Gasteiger charge is 2.10. The molecule has 0 aliphatic rings. The van der Waals surface area contributed by atoms with Crippen LogP contribution in [-0.4, -0.2) is 11.9 Å². The molecule has 0 aromatic heterocycles. The Morgan fingerprint density at radius 1 is 1.40 bits per heavy atom. The Balaban J connectivity index is 3.17. The van der Waals surface area contributed by atoms with E-state index in [2.05, 4.69) is 22.6 Å². The van der Waals surface area contributed by atoms with Crippen molar-refractivity contribution in [2.24, 2.45) is 0 Å². The first-order valence-electron chi connectivity index (χ1n) is 4.89. The highest BCUT2D eigenvalue weighted by atomic mass is 127. The first-order chi connectivity index (χ1) is 6.91. The summed E-state index contributed by atoms with van der Waals surface area (Å²) < 4.78 is 6.62. The van der Waals surface area contributed by atoms with Crippen LogP contribution in [0.5, 0.6) is 5.75 Å². The topological polar surface area (TPSA) is 26.3 Å². The molecule has 15 heavy (non-hydrogen) atoms. The summed E-state index contributed by atoms with van der Waals surface area (Å²) in [6.07, 6.45) is 0.128. The summed E-state index contributed by atoms with van der Waals surface area (Å²) in [5.41, 5.74) is 1.80. The molecule has 0 aliphatic carbocycles. The molecular weight excluding hydrogens is 303 g/mol. The number of rotatable bonds is 3. The molecule has 2 nitrogen and oxygen atoms in total. The van der Waals surface area contributed by atoms with Crippen molar-refractivity contribution in [2.75, 3.05) is 0 Å². The Hall–Kier alpha value is -0.580. The number of carbonyl (C=O) groups is 1. The maximum Gasteiger partial charge on any atom is 0.161 e. The zero-order chi connectivity index (χ0) is 11.6. The van der Waals surface area contributed by atoms with Gasteiger partial charge >= 0.3 is 0 Å². The van der Waals surface area contributed by atoms with Crippen LogP contribution in [0.25, 0.3) is 0 Å². The maximum absolute atomic E-state index is 11.4. The van der Waals surface area contributed by atoms with E-state index in [0.29, 0.717) is 0 Å². The fourth-order valence-corrected chi connectivity index (χ4v) is 2.31. The number of halogens is 1. The second-order valence-electron chi connectivity index (χ2n) is 3.82. The summed E-state index contributed by atoms with van der Waals surface area (Å²) in [5.74, 6) is 0.878. The van der Waals surface area contributed by atoms with Crippen LogP contribution >= 0.6 is 22.6 Å². The van der Waals surface area contributed by atoms with Gasteiger partial charge in [-0.2, -0.15) is 0 Å². The SMILES string of the molecule is CC(=O)c1cc(OC(C)C)c(C)cc1I. The largest absolute Gasteiger partial charge is 0.491 e. The Labute approximate surface area is 104 Å². The minimum absolute atomic E-state index is 0.0769. The third-order valence-electron chi connectivity index (χ3n) is 2.01. The van der Waals surface area contributed by atoms with Crippen molar-refractivity contribution in [3.8, 4) is 5.75 Å². The number of Topliss-reactive ketones (excluding diaryl/α,β-unsaturated/α-hetero) is 1. The number of hydrogen-bond donors (Lipinski definition) is 0. The van der Waals surface area contributed by atoms with Gasteiger partial charge in [0, 0.05) is 9.13 Å².